The summed E-state index contributed by atoms with van der Waals surface area (Å²) in [5.41, 5.74) is 6.83. The maximum Gasteiger partial charge on any atom is 0.269 e. The van der Waals surface area contributed by atoms with Gasteiger partial charge < -0.3 is 5.73 Å². The number of hydrogen-bond acceptors (Lipinski definition) is 4. The predicted octanol–water partition coefficient (Wildman–Crippen LogP) is 2.27. The van der Waals surface area contributed by atoms with Gasteiger partial charge in [0.1, 0.15) is 4.90 Å². The van der Waals surface area contributed by atoms with Crippen molar-refractivity contribution in [1.29, 1.82) is 0 Å². The smallest absolute Gasteiger partial charge is 0.269 e. The number of sulfonamides is 1. The van der Waals surface area contributed by atoms with Gasteiger partial charge in [0.25, 0.3) is 15.9 Å². The van der Waals surface area contributed by atoms with Crippen molar-refractivity contribution in [3.8, 4) is 0 Å². The zero-order chi connectivity index (χ0) is 15.2. The third-order valence-corrected chi connectivity index (χ3v) is 5.43. The summed E-state index contributed by atoms with van der Waals surface area (Å²) in [7, 11) is -3.81. The fourth-order valence-corrected chi connectivity index (χ4v) is 3.92. The molecule has 7 heteroatoms. The molecule has 0 saturated heterocycles. The lowest BCUT2D eigenvalue weighted by Crippen LogP contribution is -2.29. The summed E-state index contributed by atoms with van der Waals surface area (Å²) in [6.45, 7) is -0.0722. The molecule has 1 heterocycles. The topological polar surface area (TPSA) is 80.5 Å². The molecule has 0 aliphatic carbocycles. The SMILES string of the molecule is Nc1cc(CN2C(=O)c3ccccc3S2(=O)=O)ccc1Cl. The first-order chi connectivity index (χ1) is 9.91. The van der Waals surface area contributed by atoms with Gasteiger partial charge in [-0.05, 0) is 29.8 Å². The average Bonchev–Trinajstić information content (AvgIpc) is 2.65. The first kappa shape index (κ1) is 13.9. The number of carbonyl (C=O) groups is 1. The molecule has 0 aromatic heterocycles. The van der Waals surface area contributed by atoms with Crippen LogP contribution in [0.5, 0.6) is 0 Å². The summed E-state index contributed by atoms with van der Waals surface area (Å²) >= 11 is 5.83. The van der Waals surface area contributed by atoms with Crippen molar-refractivity contribution < 1.29 is 13.2 Å². The second-order valence-electron chi connectivity index (χ2n) is 4.67. The van der Waals surface area contributed by atoms with Crippen LogP contribution in [0.1, 0.15) is 15.9 Å². The molecule has 0 atom stereocenters. The second-order valence-corrected chi connectivity index (χ2v) is 6.91. The molecule has 5 nitrogen and oxygen atoms in total. The molecule has 0 radical (unpaired) electrons. The van der Waals surface area contributed by atoms with E-state index in [9.17, 15) is 13.2 Å². The summed E-state index contributed by atoms with van der Waals surface area (Å²) in [5.74, 6) is -0.529. The van der Waals surface area contributed by atoms with Crippen molar-refractivity contribution >= 4 is 33.2 Å². The van der Waals surface area contributed by atoms with Crippen LogP contribution in [0, 0.1) is 0 Å². The molecule has 0 fully saturated rings. The Labute approximate surface area is 127 Å². The number of nitrogen functional groups attached to an aromatic ring is 1. The van der Waals surface area contributed by atoms with Crippen molar-refractivity contribution in [2.24, 2.45) is 0 Å². The van der Waals surface area contributed by atoms with Gasteiger partial charge in [0.15, 0.2) is 0 Å². The normalized spacial score (nSPS) is 16.0. The second kappa shape index (κ2) is 4.75. The summed E-state index contributed by atoms with van der Waals surface area (Å²) in [6, 6.07) is 10.9. The Bertz CT molecular complexity index is 849. The molecule has 2 N–H and O–H groups in total. The minimum atomic E-state index is -3.81. The van der Waals surface area contributed by atoms with Crippen LogP contribution >= 0.6 is 11.6 Å². The van der Waals surface area contributed by atoms with Gasteiger partial charge in [0.05, 0.1) is 22.8 Å². The molecular weight excluding hydrogens is 312 g/mol. The number of nitrogens with zero attached hydrogens (tertiary/aromatic N) is 1. The Morgan fingerprint density at radius 3 is 2.52 bits per heavy atom. The molecule has 1 aliphatic rings. The summed E-state index contributed by atoms with van der Waals surface area (Å²) < 4.78 is 25.6. The van der Waals surface area contributed by atoms with E-state index in [1.165, 1.54) is 12.1 Å². The Hall–Kier alpha value is -2.05. The van der Waals surface area contributed by atoms with Crippen LogP contribution in [0.2, 0.25) is 5.02 Å². The minimum absolute atomic E-state index is 0.0388. The van der Waals surface area contributed by atoms with Crippen LogP contribution in [0.15, 0.2) is 47.4 Å². The number of anilines is 1. The number of nitrogens with two attached hydrogens (primary N) is 1. The largest absolute Gasteiger partial charge is 0.398 e. The van der Waals surface area contributed by atoms with E-state index in [0.717, 1.165) is 4.31 Å². The lowest BCUT2D eigenvalue weighted by atomic mass is 10.2. The third kappa shape index (κ3) is 2.16. The standard InChI is InChI=1S/C14H11ClN2O3S/c15-11-6-5-9(7-12(11)16)8-17-14(18)10-3-1-2-4-13(10)21(17,19)20/h1-7H,8,16H2. The van der Waals surface area contributed by atoms with Crippen molar-refractivity contribution in [2.75, 3.05) is 5.73 Å². The van der Waals surface area contributed by atoms with Crippen molar-refractivity contribution in [2.45, 2.75) is 11.4 Å². The zero-order valence-corrected chi connectivity index (χ0v) is 12.4. The lowest BCUT2D eigenvalue weighted by Gasteiger charge is -2.15. The molecule has 1 aliphatic heterocycles. The van der Waals surface area contributed by atoms with E-state index in [2.05, 4.69) is 0 Å². The van der Waals surface area contributed by atoms with E-state index in [1.54, 1.807) is 30.3 Å². The van der Waals surface area contributed by atoms with Crippen molar-refractivity contribution in [1.82, 2.24) is 4.31 Å². The van der Waals surface area contributed by atoms with Gasteiger partial charge in [-0.2, -0.15) is 0 Å². The number of hydrogen-bond donors (Lipinski definition) is 1. The van der Waals surface area contributed by atoms with Crippen LogP contribution in [-0.2, 0) is 16.6 Å². The maximum absolute atomic E-state index is 12.4. The molecular formula is C14H11ClN2O3S. The lowest BCUT2D eigenvalue weighted by molar-refractivity contribution is 0.0865. The number of rotatable bonds is 2. The number of fused-ring (bicyclic) bond motifs is 1. The molecule has 0 spiro atoms. The highest BCUT2D eigenvalue weighted by molar-refractivity contribution is 7.90. The molecule has 3 rings (SSSR count). The summed E-state index contributed by atoms with van der Waals surface area (Å²) in [6.07, 6.45) is 0. The van der Waals surface area contributed by atoms with Gasteiger partial charge in [-0.1, -0.05) is 29.8 Å². The van der Waals surface area contributed by atoms with E-state index in [0.29, 0.717) is 16.3 Å². The summed E-state index contributed by atoms with van der Waals surface area (Å²) in [5, 5.41) is 0.387. The number of carbonyl (C=O) groups excluding carboxylic acids is 1. The highest BCUT2D eigenvalue weighted by Crippen LogP contribution is 2.31. The Morgan fingerprint density at radius 2 is 1.86 bits per heavy atom. The fourth-order valence-electron chi connectivity index (χ4n) is 2.24. The minimum Gasteiger partial charge on any atom is -0.398 e. The van der Waals surface area contributed by atoms with E-state index in [4.69, 9.17) is 17.3 Å². The number of benzene rings is 2. The van der Waals surface area contributed by atoms with Crippen molar-refractivity contribution in [3.63, 3.8) is 0 Å². The van der Waals surface area contributed by atoms with Crippen LogP contribution < -0.4 is 5.73 Å². The third-order valence-electron chi connectivity index (χ3n) is 3.30. The van der Waals surface area contributed by atoms with Crippen LogP contribution in [0.25, 0.3) is 0 Å². The Kier molecular flexibility index (Phi) is 3.15. The predicted molar refractivity (Wildman–Crippen MR) is 79.4 cm³/mol. The fraction of sp³-hybridized carbons (Fsp3) is 0.0714. The number of amides is 1. The van der Waals surface area contributed by atoms with Gasteiger partial charge in [-0.15, -0.1) is 0 Å². The van der Waals surface area contributed by atoms with Crippen LogP contribution in [0.3, 0.4) is 0 Å². The first-order valence-corrected chi connectivity index (χ1v) is 7.93. The van der Waals surface area contributed by atoms with E-state index < -0.39 is 15.9 Å². The van der Waals surface area contributed by atoms with Crippen molar-refractivity contribution in [3.05, 3.63) is 58.6 Å². The monoisotopic (exact) mass is 322 g/mol. The van der Waals surface area contributed by atoms with E-state index in [1.807, 2.05) is 0 Å². The van der Waals surface area contributed by atoms with Gasteiger partial charge in [0.2, 0.25) is 0 Å². The quantitative estimate of drug-likeness (QED) is 0.860. The Morgan fingerprint density at radius 1 is 1.14 bits per heavy atom. The Balaban J connectivity index is 2.01. The molecule has 2 aromatic carbocycles. The van der Waals surface area contributed by atoms with E-state index in [-0.39, 0.29) is 17.0 Å². The van der Waals surface area contributed by atoms with Gasteiger partial charge in [0, 0.05) is 0 Å². The van der Waals surface area contributed by atoms with E-state index >= 15 is 0 Å². The maximum atomic E-state index is 12.4. The molecule has 108 valence electrons. The molecule has 1 amide bonds. The number of halogens is 1. The van der Waals surface area contributed by atoms with Gasteiger partial charge >= 0.3 is 0 Å². The highest BCUT2D eigenvalue weighted by Gasteiger charge is 2.40. The van der Waals surface area contributed by atoms with Crippen LogP contribution in [0.4, 0.5) is 5.69 Å². The summed E-state index contributed by atoms with van der Waals surface area (Å²) in [4.78, 5) is 12.3. The molecule has 21 heavy (non-hydrogen) atoms. The highest BCUT2D eigenvalue weighted by atomic mass is 35.5. The molecule has 0 unspecified atom stereocenters. The molecule has 0 saturated carbocycles. The van der Waals surface area contributed by atoms with Gasteiger partial charge in [-0.3, -0.25) is 4.79 Å². The van der Waals surface area contributed by atoms with Gasteiger partial charge in [-0.25, -0.2) is 12.7 Å². The average molecular weight is 323 g/mol. The molecule has 0 bridgehead atoms. The zero-order valence-electron chi connectivity index (χ0n) is 10.8. The van der Waals surface area contributed by atoms with Crippen LogP contribution in [-0.4, -0.2) is 18.6 Å². The molecule has 2 aromatic rings. The first-order valence-electron chi connectivity index (χ1n) is 6.11.